The molecule has 0 saturated heterocycles. The molecule has 2 rings (SSSR count). The summed E-state index contributed by atoms with van der Waals surface area (Å²) in [4.78, 5) is 18.4. The largest absolute Gasteiger partial charge is 0.475 e. The summed E-state index contributed by atoms with van der Waals surface area (Å²) in [5.41, 5.74) is 7.40. The van der Waals surface area contributed by atoms with Gasteiger partial charge in [0.1, 0.15) is 5.82 Å². The zero-order chi connectivity index (χ0) is 10.1. The van der Waals surface area contributed by atoms with Crippen molar-refractivity contribution in [2.45, 2.75) is 25.7 Å². The van der Waals surface area contributed by atoms with Crippen molar-refractivity contribution < 1.29 is 9.90 Å². The number of hydrogen-bond acceptors (Lipinski definition) is 4. The predicted octanol–water partition coefficient (Wildman–Crippen LogP) is 0.636. The number of nitrogens with two attached hydrogens (primary N) is 1. The molecule has 0 amide bonds. The molecule has 1 aliphatic rings. The van der Waals surface area contributed by atoms with Gasteiger partial charge in [0.05, 0.1) is 5.69 Å². The van der Waals surface area contributed by atoms with Crippen LogP contribution in [0, 0.1) is 0 Å². The lowest BCUT2D eigenvalue weighted by Crippen LogP contribution is -2.15. The molecule has 0 fully saturated rings. The van der Waals surface area contributed by atoms with Crippen LogP contribution in [-0.2, 0) is 12.8 Å². The minimum Gasteiger partial charge on any atom is -0.475 e. The number of hydrogen-bond donors (Lipinski definition) is 2. The molecular formula is C9H11N3O2. The summed E-state index contributed by atoms with van der Waals surface area (Å²) < 4.78 is 0. The second kappa shape index (κ2) is 3.25. The van der Waals surface area contributed by atoms with Crippen molar-refractivity contribution in [3.8, 4) is 0 Å². The Kier molecular flexibility index (Phi) is 2.07. The van der Waals surface area contributed by atoms with Crippen molar-refractivity contribution >= 4 is 11.8 Å². The van der Waals surface area contributed by atoms with E-state index in [9.17, 15) is 4.79 Å². The Morgan fingerprint density at radius 2 is 2.00 bits per heavy atom. The van der Waals surface area contributed by atoms with Crippen LogP contribution in [0.15, 0.2) is 0 Å². The SMILES string of the molecule is Nc1nc(C(=O)O)nc2c1CCCC2. The van der Waals surface area contributed by atoms with Crippen molar-refractivity contribution in [2.75, 3.05) is 5.73 Å². The van der Waals surface area contributed by atoms with E-state index in [4.69, 9.17) is 10.8 Å². The lowest BCUT2D eigenvalue weighted by atomic mass is 9.96. The maximum atomic E-state index is 10.7. The molecule has 0 spiro atoms. The van der Waals surface area contributed by atoms with Gasteiger partial charge in [-0.1, -0.05) is 0 Å². The van der Waals surface area contributed by atoms with Gasteiger partial charge in [-0.05, 0) is 25.7 Å². The number of carboxylic acids is 1. The fourth-order valence-corrected chi connectivity index (χ4v) is 1.72. The number of nitrogens with zero attached hydrogens (tertiary/aromatic N) is 2. The molecule has 0 atom stereocenters. The van der Waals surface area contributed by atoms with Crippen molar-refractivity contribution in [3.05, 3.63) is 17.1 Å². The number of rotatable bonds is 1. The number of aryl methyl sites for hydroxylation is 1. The van der Waals surface area contributed by atoms with E-state index in [1.165, 1.54) is 0 Å². The molecule has 0 unspecified atom stereocenters. The minimum atomic E-state index is -1.12. The number of carbonyl (C=O) groups is 1. The van der Waals surface area contributed by atoms with E-state index in [0.717, 1.165) is 36.9 Å². The summed E-state index contributed by atoms with van der Waals surface area (Å²) in [7, 11) is 0. The normalized spacial score (nSPS) is 14.9. The fraction of sp³-hybridized carbons (Fsp3) is 0.444. The van der Waals surface area contributed by atoms with E-state index in [2.05, 4.69) is 9.97 Å². The summed E-state index contributed by atoms with van der Waals surface area (Å²) in [5.74, 6) is -0.986. The summed E-state index contributed by atoms with van der Waals surface area (Å²) >= 11 is 0. The van der Waals surface area contributed by atoms with Gasteiger partial charge in [-0.3, -0.25) is 0 Å². The van der Waals surface area contributed by atoms with Crippen LogP contribution in [-0.4, -0.2) is 21.0 Å². The van der Waals surface area contributed by atoms with Crippen LogP contribution in [0.5, 0.6) is 0 Å². The van der Waals surface area contributed by atoms with Gasteiger partial charge in [-0.2, -0.15) is 0 Å². The molecule has 0 bridgehead atoms. The van der Waals surface area contributed by atoms with Crippen LogP contribution in [0.2, 0.25) is 0 Å². The second-order valence-electron chi connectivity index (χ2n) is 3.37. The number of anilines is 1. The highest BCUT2D eigenvalue weighted by Crippen LogP contribution is 2.23. The van der Waals surface area contributed by atoms with Crippen LogP contribution in [0.4, 0.5) is 5.82 Å². The Hall–Kier alpha value is -1.65. The first-order valence-corrected chi connectivity index (χ1v) is 4.57. The summed E-state index contributed by atoms with van der Waals surface area (Å²) in [5, 5.41) is 8.73. The van der Waals surface area contributed by atoms with E-state index in [0.29, 0.717) is 5.82 Å². The van der Waals surface area contributed by atoms with Crippen molar-refractivity contribution in [1.29, 1.82) is 0 Å². The lowest BCUT2D eigenvalue weighted by molar-refractivity contribution is 0.0683. The van der Waals surface area contributed by atoms with Crippen molar-refractivity contribution in [3.63, 3.8) is 0 Å². The monoisotopic (exact) mass is 193 g/mol. The first-order chi connectivity index (χ1) is 6.68. The molecule has 74 valence electrons. The van der Waals surface area contributed by atoms with E-state index in [1.54, 1.807) is 0 Å². The third-order valence-corrected chi connectivity index (χ3v) is 2.41. The van der Waals surface area contributed by atoms with Gasteiger partial charge < -0.3 is 10.8 Å². The first-order valence-electron chi connectivity index (χ1n) is 4.57. The molecule has 0 saturated carbocycles. The Labute approximate surface area is 81.0 Å². The van der Waals surface area contributed by atoms with E-state index in [-0.39, 0.29) is 5.82 Å². The lowest BCUT2D eigenvalue weighted by Gasteiger charge is -2.15. The van der Waals surface area contributed by atoms with E-state index >= 15 is 0 Å². The van der Waals surface area contributed by atoms with Gasteiger partial charge in [0.25, 0.3) is 0 Å². The second-order valence-corrected chi connectivity index (χ2v) is 3.37. The molecule has 0 aromatic carbocycles. The average Bonchev–Trinajstić information content (AvgIpc) is 2.17. The number of carboxylic acid groups (broad SMARTS) is 1. The van der Waals surface area contributed by atoms with Crippen LogP contribution in [0.1, 0.15) is 34.7 Å². The molecule has 1 aliphatic carbocycles. The standard InChI is InChI=1S/C9H11N3O2/c10-7-5-3-1-2-4-6(5)11-8(12-7)9(13)14/h1-4H2,(H,13,14)(H2,10,11,12). The highest BCUT2D eigenvalue weighted by Gasteiger charge is 2.18. The van der Waals surface area contributed by atoms with Crippen molar-refractivity contribution in [1.82, 2.24) is 9.97 Å². The highest BCUT2D eigenvalue weighted by molar-refractivity contribution is 5.83. The summed E-state index contributed by atoms with van der Waals surface area (Å²) in [6.45, 7) is 0. The Bertz CT molecular complexity index is 390. The minimum absolute atomic E-state index is 0.192. The zero-order valence-corrected chi connectivity index (χ0v) is 7.66. The molecule has 5 nitrogen and oxygen atoms in total. The molecule has 14 heavy (non-hydrogen) atoms. The summed E-state index contributed by atoms with van der Waals surface area (Å²) in [6.07, 6.45) is 3.79. The van der Waals surface area contributed by atoms with E-state index in [1.807, 2.05) is 0 Å². The molecule has 1 aromatic heterocycles. The topological polar surface area (TPSA) is 89.1 Å². The number of fused-ring (bicyclic) bond motifs is 1. The summed E-state index contributed by atoms with van der Waals surface area (Å²) in [6, 6.07) is 0. The predicted molar refractivity (Wildman–Crippen MR) is 50.0 cm³/mol. The molecule has 1 heterocycles. The molecule has 5 heteroatoms. The number of nitrogen functional groups attached to an aromatic ring is 1. The van der Waals surface area contributed by atoms with Gasteiger partial charge in [0.2, 0.25) is 5.82 Å². The average molecular weight is 193 g/mol. The van der Waals surface area contributed by atoms with Gasteiger partial charge in [0.15, 0.2) is 0 Å². The zero-order valence-electron chi connectivity index (χ0n) is 7.66. The Balaban J connectivity index is 2.51. The van der Waals surface area contributed by atoms with Crippen molar-refractivity contribution in [2.24, 2.45) is 0 Å². The smallest absolute Gasteiger partial charge is 0.374 e. The molecule has 3 N–H and O–H groups in total. The van der Waals surface area contributed by atoms with Gasteiger partial charge >= 0.3 is 5.97 Å². The molecular weight excluding hydrogens is 182 g/mol. The van der Waals surface area contributed by atoms with Gasteiger partial charge in [-0.25, -0.2) is 14.8 Å². The highest BCUT2D eigenvalue weighted by atomic mass is 16.4. The fourth-order valence-electron chi connectivity index (χ4n) is 1.72. The van der Waals surface area contributed by atoms with Crippen LogP contribution >= 0.6 is 0 Å². The molecule has 1 aromatic rings. The number of aromatic nitrogens is 2. The van der Waals surface area contributed by atoms with Crippen LogP contribution in [0.25, 0.3) is 0 Å². The molecule has 0 radical (unpaired) electrons. The van der Waals surface area contributed by atoms with Gasteiger partial charge in [0, 0.05) is 5.56 Å². The Morgan fingerprint density at radius 1 is 1.29 bits per heavy atom. The van der Waals surface area contributed by atoms with E-state index < -0.39 is 5.97 Å². The third-order valence-electron chi connectivity index (χ3n) is 2.41. The number of aromatic carboxylic acids is 1. The maximum absolute atomic E-state index is 10.7. The third kappa shape index (κ3) is 1.41. The van der Waals surface area contributed by atoms with Gasteiger partial charge in [-0.15, -0.1) is 0 Å². The van der Waals surface area contributed by atoms with Crippen LogP contribution in [0.3, 0.4) is 0 Å². The Morgan fingerprint density at radius 3 is 2.71 bits per heavy atom. The maximum Gasteiger partial charge on any atom is 0.374 e. The first kappa shape index (κ1) is 8.93. The quantitative estimate of drug-likeness (QED) is 0.683. The molecule has 0 aliphatic heterocycles. The van der Waals surface area contributed by atoms with Crippen LogP contribution < -0.4 is 5.73 Å².